The lowest BCUT2D eigenvalue weighted by Crippen LogP contribution is -2.36. The van der Waals surface area contributed by atoms with Crippen molar-refractivity contribution in [2.45, 2.75) is 70.8 Å². The van der Waals surface area contributed by atoms with Crippen molar-refractivity contribution < 1.29 is 27.4 Å². The average Bonchev–Trinajstić information content (AvgIpc) is 3.21. The molecule has 1 amide bonds. The molecule has 0 radical (unpaired) electrons. The molecule has 1 aliphatic carbocycles. The first-order chi connectivity index (χ1) is 16.0. The number of aromatic nitrogens is 2. The van der Waals surface area contributed by atoms with Crippen LogP contribution in [0.3, 0.4) is 0 Å². The van der Waals surface area contributed by atoms with Gasteiger partial charge >= 0.3 is 0 Å². The molecule has 1 aromatic carbocycles. The Bertz CT molecular complexity index is 1080. The number of nitrogens with zero attached hydrogens (tertiary/aromatic N) is 2. The Labute approximate surface area is 196 Å². The highest BCUT2D eigenvalue weighted by atomic mass is 19.3. The van der Waals surface area contributed by atoms with Crippen LogP contribution in [-0.2, 0) is 26.6 Å². The molecule has 1 atom stereocenters. The zero-order chi connectivity index (χ0) is 24.7. The van der Waals surface area contributed by atoms with Crippen LogP contribution in [0.15, 0.2) is 18.2 Å². The summed E-state index contributed by atoms with van der Waals surface area (Å²) in [5.41, 5.74) is 0.0919. The number of ether oxygens (including phenoxy) is 2. The molecule has 184 valence electrons. The SMILES string of the molecule is Cc1nc(CC(=O)NC2(C)CC2)c(C2OCCO2)c(N[C@H](C)c2cccc(C(C)(F)F)c2F)n1. The second-order valence-electron chi connectivity index (χ2n) is 9.30. The van der Waals surface area contributed by atoms with E-state index in [-0.39, 0.29) is 23.4 Å². The van der Waals surface area contributed by atoms with Crippen LogP contribution < -0.4 is 10.6 Å². The molecule has 2 heterocycles. The van der Waals surface area contributed by atoms with E-state index in [1.54, 1.807) is 13.8 Å². The molecule has 2 N–H and O–H groups in total. The van der Waals surface area contributed by atoms with Crippen LogP contribution in [0.5, 0.6) is 0 Å². The number of amides is 1. The van der Waals surface area contributed by atoms with E-state index >= 15 is 0 Å². The molecular formula is C24H29F3N4O3. The lowest BCUT2D eigenvalue weighted by Gasteiger charge is -2.23. The first kappa shape index (κ1) is 24.4. The standard InChI is InChI=1S/C24H29F3N4O3/c1-13(15-6-5-7-16(20(15)25)24(4,26)27)28-21-19(22-33-10-11-34-22)17(29-14(2)30-21)12-18(32)31-23(3)8-9-23/h5-7,13,22H,8-12H2,1-4H3,(H,31,32)(H,28,29,30)/t13-/m1/s1. The molecule has 2 aliphatic rings. The van der Waals surface area contributed by atoms with Gasteiger partial charge in [0.2, 0.25) is 5.91 Å². The van der Waals surface area contributed by atoms with Crippen LogP contribution in [0, 0.1) is 12.7 Å². The smallest absolute Gasteiger partial charge is 0.273 e. The summed E-state index contributed by atoms with van der Waals surface area (Å²) in [7, 11) is 0. The molecule has 0 spiro atoms. The van der Waals surface area contributed by atoms with Gasteiger partial charge in [0.25, 0.3) is 5.92 Å². The summed E-state index contributed by atoms with van der Waals surface area (Å²) in [6, 6.07) is 3.20. The van der Waals surface area contributed by atoms with Gasteiger partial charge in [0.15, 0.2) is 6.29 Å². The predicted octanol–water partition coefficient (Wildman–Crippen LogP) is 4.47. The van der Waals surface area contributed by atoms with Crippen molar-refractivity contribution >= 4 is 11.7 Å². The largest absolute Gasteiger partial charge is 0.363 e. The van der Waals surface area contributed by atoms with Crippen LogP contribution in [0.1, 0.15) is 74.2 Å². The van der Waals surface area contributed by atoms with E-state index in [1.165, 1.54) is 12.1 Å². The number of rotatable bonds is 8. The van der Waals surface area contributed by atoms with E-state index in [2.05, 4.69) is 20.6 Å². The minimum Gasteiger partial charge on any atom is -0.363 e. The van der Waals surface area contributed by atoms with Crippen molar-refractivity contribution in [1.29, 1.82) is 0 Å². The lowest BCUT2D eigenvalue weighted by molar-refractivity contribution is -0.121. The summed E-state index contributed by atoms with van der Waals surface area (Å²) in [4.78, 5) is 21.6. The first-order valence-corrected chi connectivity index (χ1v) is 11.3. The number of halogens is 3. The summed E-state index contributed by atoms with van der Waals surface area (Å²) in [6.45, 7) is 6.69. The topological polar surface area (TPSA) is 85.4 Å². The Balaban J connectivity index is 1.67. The molecule has 1 saturated carbocycles. The number of hydrogen-bond acceptors (Lipinski definition) is 6. The summed E-state index contributed by atoms with van der Waals surface area (Å²) in [5.74, 6) is -3.78. The maximum absolute atomic E-state index is 15.0. The summed E-state index contributed by atoms with van der Waals surface area (Å²) < 4.78 is 54.0. The number of anilines is 1. The normalized spacial score (nSPS) is 18.6. The molecule has 1 saturated heterocycles. The lowest BCUT2D eigenvalue weighted by atomic mass is 10.0. The van der Waals surface area contributed by atoms with Gasteiger partial charge in [-0.2, -0.15) is 0 Å². The van der Waals surface area contributed by atoms with Crippen molar-refractivity contribution in [3.8, 4) is 0 Å². The fourth-order valence-corrected chi connectivity index (χ4v) is 4.01. The predicted molar refractivity (Wildman–Crippen MR) is 119 cm³/mol. The Morgan fingerprint density at radius 2 is 1.94 bits per heavy atom. The van der Waals surface area contributed by atoms with E-state index in [0.29, 0.717) is 43.0 Å². The molecule has 10 heteroatoms. The molecule has 1 aromatic heterocycles. The van der Waals surface area contributed by atoms with Crippen LogP contribution in [-0.4, -0.2) is 34.6 Å². The van der Waals surface area contributed by atoms with Gasteiger partial charge < -0.3 is 20.1 Å². The highest BCUT2D eigenvalue weighted by molar-refractivity contribution is 5.80. The maximum Gasteiger partial charge on any atom is 0.273 e. The van der Waals surface area contributed by atoms with Gasteiger partial charge in [-0.3, -0.25) is 4.79 Å². The van der Waals surface area contributed by atoms with Crippen molar-refractivity contribution in [2.75, 3.05) is 18.5 Å². The minimum absolute atomic E-state index is 0.00747. The molecule has 34 heavy (non-hydrogen) atoms. The van der Waals surface area contributed by atoms with Gasteiger partial charge in [0.1, 0.15) is 17.5 Å². The third kappa shape index (κ3) is 5.33. The number of nitrogens with one attached hydrogen (secondary N) is 2. The number of benzene rings is 1. The second kappa shape index (κ2) is 9.14. The highest BCUT2D eigenvalue weighted by Gasteiger charge is 2.39. The fraction of sp³-hybridized carbons (Fsp3) is 0.542. The third-order valence-corrected chi connectivity index (χ3v) is 6.08. The van der Waals surface area contributed by atoms with E-state index in [0.717, 1.165) is 18.9 Å². The van der Waals surface area contributed by atoms with Gasteiger partial charge in [-0.25, -0.2) is 23.1 Å². The van der Waals surface area contributed by atoms with Crippen LogP contribution in [0.2, 0.25) is 0 Å². The quantitative estimate of drug-likeness (QED) is 0.583. The van der Waals surface area contributed by atoms with Gasteiger partial charge in [-0.15, -0.1) is 0 Å². The van der Waals surface area contributed by atoms with Gasteiger partial charge in [0.05, 0.1) is 42.5 Å². The Kier molecular flexibility index (Phi) is 6.56. The van der Waals surface area contributed by atoms with Crippen LogP contribution in [0.25, 0.3) is 0 Å². The molecule has 0 unspecified atom stereocenters. The molecule has 7 nitrogen and oxygen atoms in total. The molecular weight excluding hydrogens is 449 g/mol. The molecule has 2 aromatic rings. The summed E-state index contributed by atoms with van der Waals surface area (Å²) >= 11 is 0. The minimum atomic E-state index is -3.32. The fourth-order valence-electron chi connectivity index (χ4n) is 4.01. The van der Waals surface area contributed by atoms with Gasteiger partial charge in [0, 0.05) is 18.0 Å². The Hall–Kier alpha value is -2.72. The zero-order valence-corrected chi connectivity index (χ0v) is 19.7. The number of aryl methyl sites for hydroxylation is 1. The van der Waals surface area contributed by atoms with Crippen molar-refractivity contribution in [3.63, 3.8) is 0 Å². The van der Waals surface area contributed by atoms with Crippen LogP contribution in [0.4, 0.5) is 19.0 Å². The Morgan fingerprint density at radius 1 is 1.26 bits per heavy atom. The summed E-state index contributed by atoms with van der Waals surface area (Å²) in [5, 5.41) is 6.12. The maximum atomic E-state index is 15.0. The number of hydrogen-bond donors (Lipinski definition) is 2. The summed E-state index contributed by atoms with van der Waals surface area (Å²) in [6.07, 6.45) is 1.04. The molecule has 4 rings (SSSR count). The van der Waals surface area contributed by atoms with E-state index in [1.807, 2.05) is 6.92 Å². The van der Waals surface area contributed by atoms with Crippen molar-refractivity contribution in [3.05, 3.63) is 52.2 Å². The molecule has 0 bridgehead atoms. The zero-order valence-electron chi connectivity index (χ0n) is 19.7. The van der Waals surface area contributed by atoms with Gasteiger partial charge in [-0.1, -0.05) is 18.2 Å². The first-order valence-electron chi connectivity index (χ1n) is 11.3. The van der Waals surface area contributed by atoms with Crippen molar-refractivity contribution in [2.24, 2.45) is 0 Å². The van der Waals surface area contributed by atoms with E-state index in [9.17, 15) is 18.0 Å². The van der Waals surface area contributed by atoms with E-state index < -0.39 is 29.6 Å². The highest BCUT2D eigenvalue weighted by Crippen LogP contribution is 2.37. The third-order valence-electron chi connectivity index (χ3n) is 6.08. The molecule has 1 aliphatic heterocycles. The number of carbonyl (C=O) groups excluding carboxylic acids is 1. The van der Waals surface area contributed by atoms with Crippen LogP contribution >= 0.6 is 0 Å². The number of alkyl halides is 2. The monoisotopic (exact) mass is 478 g/mol. The average molecular weight is 479 g/mol. The van der Waals surface area contributed by atoms with Crippen molar-refractivity contribution in [1.82, 2.24) is 15.3 Å². The Morgan fingerprint density at radius 3 is 2.56 bits per heavy atom. The number of carbonyl (C=O) groups is 1. The van der Waals surface area contributed by atoms with E-state index in [4.69, 9.17) is 9.47 Å². The molecule has 2 fully saturated rings. The van der Waals surface area contributed by atoms with Gasteiger partial charge in [-0.05, 0) is 33.6 Å². The second-order valence-corrected chi connectivity index (χ2v) is 9.30.